The van der Waals surface area contributed by atoms with Crippen molar-refractivity contribution in [3.8, 4) is 5.75 Å². The molecule has 0 aliphatic carbocycles. The van der Waals surface area contributed by atoms with Gasteiger partial charge in [0.25, 0.3) is 0 Å². The molecule has 6 heteroatoms. The summed E-state index contributed by atoms with van der Waals surface area (Å²) in [7, 11) is -0.00322. The van der Waals surface area contributed by atoms with E-state index in [0.717, 1.165) is 18.4 Å². The lowest BCUT2D eigenvalue weighted by atomic mass is 10.2. The van der Waals surface area contributed by atoms with E-state index in [1.54, 1.807) is 36.5 Å². The number of rotatable bonds is 5. The molecule has 1 heterocycles. The molecule has 1 aliphatic rings. The monoisotopic (exact) mass is 298 g/mol. The summed E-state index contributed by atoms with van der Waals surface area (Å²) in [4.78, 5) is 0.376. The van der Waals surface area contributed by atoms with Gasteiger partial charge in [-0.25, -0.2) is 8.42 Å². The molecule has 5 nitrogen and oxygen atoms in total. The molecule has 0 amide bonds. The first-order chi connectivity index (χ1) is 9.50. The number of methoxy groups -OCH3 is 1. The average molecular weight is 298 g/mol. The van der Waals surface area contributed by atoms with Gasteiger partial charge >= 0.3 is 0 Å². The number of likely N-dealkylation sites (N-methyl/N-ethyl adjacent to an activating group) is 1. The molecule has 112 valence electrons. The van der Waals surface area contributed by atoms with Crippen LogP contribution in [-0.2, 0) is 10.0 Å². The first kappa shape index (κ1) is 15.3. The number of hydrogen-bond acceptors (Lipinski definition) is 4. The van der Waals surface area contributed by atoms with Crippen LogP contribution < -0.4 is 10.1 Å². The Hall–Kier alpha value is -1.11. The highest BCUT2D eigenvalue weighted by molar-refractivity contribution is 7.89. The zero-order valence-corrected chi connectivity index (χ0v) is 13.0. The second-order valence-electron chi connectivity index (χ2n) is 5.10. The van der Waals surface area contributed by atoms with Gasteiger partial charge in [-0.3, -0.25) is 0 Å². The normalized spacial score (nSPS) is 20.2. The summed E-state index contributed by atoms with van der Waals surface area (Å²) in [6.07, 6.45) is 1.83. The first-order valence-electron chi connectivity index (χ1n) is 6.81. The average Bonchev–Trinajstić information content (AvgIpc) is 2.87. The Morgan fingerprint density at radius 1 is 1.45 bits per heavy atom. The third kappa shape index (κ3) is 2.82. The number of sulfonamides is 1. The molecule has 1 saturated heterocycles. The SMILES string of the molecule is CNC[C@H]1CCCN1S(=O)(=O)c1ccc(OC)cc1C. The number of aryl methyl sites for hydroxylation is 1. The number of benzene rings is 1. The molecule has 0 spiro atoms. The predicted octanol–water partition coefficient (Wildman–Crippen LogP) is 1.38. The molecule has 20 heavy (non-hydrogen) atoms. The van der Waals surface area contributed by atoms with E-state index >= 15 is 0 Å². The van der Waals surface area contributed by atoms with Crippen LogP contribution in [0.4, 0.5) is 0 Å². The van der Waals surface area contributed by atoms with Crippen molar-refractivity contribution >= 4 is 10.0 Å². The predicted molar refractivity (Wildman–Crippen MR) is 78.6 cm³/mol. The summed E-state index contributed by atoms with van der Waals surface area (Å²) in [6.45, 7) is 3.09. The molecule has 1 aliphatic heterocycles. The Balaban J connectivity index is 2.35. The van der Waals surface area contributed by atoms with E-state index in [1.165, 1.54) is 0 Å². The minimum absolute atomic E-state index is 0.0477. The van der Waals surface area contributed by atoms with Gasteiger partial charge < -0.3 is 10.1 Å². The van der Waals surface area contributed by atoms with Crippen LogP contribution in [0.1, 0.15) is 18.4 Å². The lowest BCUT2D eigenvalue weighted by molar-refractivity contribution is 0.378. The fourth-order valence-electron chi connectivity index (χ4n) is 2.73. The van der Waals surface area contributed by atoms with E-state index in [9.17, 15) is 8.42 Å². The zero-order valence-electron chi connectivity index (χ0n) is 12.2. The van der Waals surface area contributed by atoms with Gasteiger partial charge in [0.15, 0.2) is 0 Å². The van der Waals surface area contributed by atoms with Crippen LogP contribution in [0.3, 0.4) is 0 Å². The minimum atomic E-state index is -3.43. The van der Waals surface area contributed by atoms with Crippen molar-refractivity contribution in [2.24, 2.45) is 0 Å². The third-order valence-electron chi connectivity index (χ3n) is 3.73. The van der Waals surface area contributed by atoms with E-state index in [0.29, 0.717) is 23.7 Å². The highest BCUT2D eigenvalue weighted by atomic mass is 32.2. The van der Waals surface area contributed by atoms with Crippen LogP contribution in [0.5, 0.6) is 5.75 Å². The Kier molecular flexibility index (Phi) is 4.67. The van der Waals surface area contributed by atoms with Crippen molar-refractivity contribution in [2.45, 2.75) is 30.7 Å². The number of nitrogens with one attached hydrogen (secondary N) is 1. The number of nitrogens with zero attached hydrogens (tertiary/aromatic N) is 1. The molecule has 2 rings (SSSR count). The smallest absolute Gasteiger partial charge is 0.243 e. The van der Waals surface area contributed by atoms with Crippen LogP contribution in [0.15, 0.2) is 23.1 Å². The van der Waals surface area contributed by atoms with E-state index < -0.39 is 10.0 Å². The van der Waals surface area contributed by atoms with Crippen LogP contribution in [0.25, 0.3) is 0 Å². The van der Waals surface area contributed by atoms with E-state index in [1.807, 2.05) is 7.05 Å². The maximum absolute atomic E-state index is 12.8. The van der Waals surface area contributed by atoms with Gasteiger partial charge in [0.05, 0.1) is 12.0 Å². The maximum atomic E-state index is 12.8. The van der Waals surface area contributed by atoms with E-state index in [-0.39, 0.29) is 6.04 Å². The van der Waals surface area contributed by atoms with Crippen molar-refractivity contribution in [3.05, 3.63) is 23.8 Å². The standard InChI is InChI=1S/C14H22N2O3S/c1-11-9-13(19-3)6-7-14(11)20(17,18)16-8-4-5-12(16)10-15-2/h6-7,9,12,15H,4-5,8,10H2,1-3H3/t12-/m1/s1. The quantitative estimate of drug-likeness (QED) is 0.892. The van der Waals surface area contributed by atoms with Gasteiger partial charge in [0, 0.05) is 19.1 Å². The second-order valence-corrected chi connectivity index (χ2v) is 6.96. The lowest BCUT2D eigenvalue weighted by Crippen LogP contribution is -2.40. The van der Waals surface area contributed by atoms with Gasteiger partial charge in [0.2, 0.25) is 10.0 Å². The molecule has 1 aromatic rings. The molecular weight excluding hydrogens is 276 g/mol. The molecule has 0 unspecified atom stereocenters. The molecule has 0 aromatic heterocycles. The number of ether oxygens (including phenoxy) is 1. The van der Waals surface area contributed by atoms with E-state index in [4.69, 9.17) is 4.74 Å². The molecule has 1 N–H and O–H groups in total. The molecule has 0 bridgehead atoms. The summed E-state index contributed by atoms with van der Waals surface area (Å²) in [5.74, 6) is 0.676. The summed E-state index contributed by atoms with van der Waals surface area (Å²) in [6, 6.07) is 5.14. The van der Waals surface area contributed by atoms with Gasteiger partial charge in [-0.05, 0) is 50.6 Å². The van der Waals surface area contributed by atoms with Crippen molar-refractivity contribution < 1.29 is 13.2 Å². The summed E-state index contributed by atoms with van der Waals surface area (Å²) in [5, 5.41) is 3.07. The Morgan fingerprint density at radius 3 is 2.80 bits per heavy atom. The van der Waals surface area contributed by atoms with Crippen molar-refractivity contribution in [2.75, 3.05) is 27.2 Å². The van der Waals surface area contributed by atoms with Crippen LogP contribution in [-0.4, -0.2) is 46.0 Å². The fourth-order valence-corrected chi connectivity index (χ4v) is 4.63. The molecule has 0 radical (unpaired) electrons. The first-order valence-corrected chi connectivity index (χ1v) is 8.25. The molecular formula is C14H22N2O3S. The van der Waals surface area contributed by atoms with Crippen LogP contribution in [0.2, 0.25) is 0 Å². The third-order valence-corrected chi connectivity index (χ3v) is 5.84. The highest BCUT2D eigenvalue weighted by Crippen LogP contribution is 2.29. The van der Waals surface area contributed by atoms with Crippen molar-refractivity contribution in [3.63, 3.8) is 0 Å². The van der Waals surface area contributed by atoms with Gasteiger partial charge in [-0.2, -0.15) is 4.31 Å². The second kappa shape index (κ2) is 6.11. The Labute approximate surface area is 121 Å². The van der Waals surface area contributed by atoms with E-state index in [2.05, 4.69) is 5.32 Å². The minimum Gasteiger partial charge on any atom is -0.497 e. The van der Waals surface area contributed by atoms with Crippen LogP contribution >= 0.6 is 0 Å². The summed E-state index contributed by atoms with van der Waals surface area (Å²) in [5.41, 5.74) is 0.722. The topological polar surface area (TPSA) is 58.6 Å². The molecule has 1 fully saturated rings. The lowest BCUT2D eigenvalue weighted by Gasteiger charge is -2.24. The van der Waals surface area contributed by atoms with Crippen molar-refractivity contribution in [1.29, 1.82) is 0 Å². The van der Waals surface area contributed by atoms with Crippen LogP contribution in [0, 0.1) is 6.92 Å². The maximum Gasteiger partial charge on any atom is 0.243 e. The number of hydrogen-bond donors (Lipinski definition) is 1. The van der Waals surface area contributed by atoms with Gasteiger partial charge in [-0.1, -0.05) is 0 Å². The Morgan fingerprint density at radius 2 is 2.20 bits per heavy atom. The largest absolute Gasteiger partial charge is 0.497 e. The van der Waals surface area contributed by atoms with Crippen molar-refractivity contribution in [1.82, 2.24) is 9.62 Å². The van der Waals surface area contributed by atoms with Gasteiger partial charge in [-0.15, -0.1) is 0 Å². The molecule has 0 saturated carbocycles. The fraction of sp³-hybridized carbons (Fsp3) is 0.571. The molecule has 1 aromatic carbocycles. The Bertz CT molecular complexity index is 572. The molecule has 1 atom stereocenters. The van der Waals surface area contributed by atoms with Gasteiger partial charge in [0.1, 0.15) is 5.75 Å². The zero-order chi connectivity index (χ0) is 14.8. The summed E-state index contributed by atoms with van der Waals surface area (Å²) >= 11 is 0. The highest BCUT2D eigenvalue weighted by Gasteiger charge is 2.35. The summed E-state index contributed by atoms with van der Waals surface area (Å²) < 4.78 is 32.3.